The van der Waals surface area contributed by atoms with Gasteiger partial charge in [-0.25, -0.2) is 0 Å². The molecule has 1 aliphatic carbocycles. The Labute approximate surface area is 139 Å². The van der Waals surface area contributed by atoms with Crippen LogP contribution in [0.25, 0.3) is 0 Å². The quantitative estimate of drug-likeness (QED) is 0.853. The van der Waals surface area contributed by atoms with Crippen LogP contribution in [0.2, 0.25) is 0 Å². The van der Waals surface area contributed by atoms with Crippen LogP contribution in [0.1, 0.15) is 75.7 Å². The average Bonchev–Trinajstić information content (AvgIpc) is 2.92. The maximum absolute atomic E-state index is 13.0. The monoisotopic (exact) mass is 318 g/mol. The highest BCUT2D eigenvalue weighted by molar-refractivity contribution is 5.92. The van der Waals surface area contributed by atoms with Crippen molar-refractivity contribution in [2.75, 3.05) is 6.54 Å². The molecule has 0 bridgehead atoms. The number of aryl methyl sites for hydroxylation is 1. The molecule has 2 aliphatic rings. The summed E-state index contributed by atoms with van der Waals surface area (Å²) in [6.07, 6.45) is 11.6. The van der Waals surface area contributed by atoms with Gasteiger partial charge in [-0.05, 0) is 43.9 Å². The van der Waals surface area contributed by atoms with Gasteiger partial charge >= 0.3 is 0 Å². The van der Waals surface area contributed by atoms with Crippen molar-refractivity contribution in [3.63, 3.8) is 0 Å². The maximum atomic E-state index is 13.0. The molecule has 0 aromatic carbocycles. The zero-order valence-electron chi connectivity index (χ0n) is 14.6. The molecule has 5 nitrogen and oxygen atoms in total. The van der Waals surface area contributed by atoms with E-state index >= 15 is 0 Å². The molecular formula is C18H30N4O. The lowest BCUT2D eigenvalue weighted by atomic mass is 9.81. The second kappa shape index (κ2) is 7.45. The largest absolute Gasteiger partial charge is 0.334 e. The Bertz CT molecular complexity index is 525. The Balaban J connectivity index is 1.70. The normalized spacial score (nSPS) is 25.3. The van der Waals surface area contributed by atoms with Crippen LogP contribution >= 0.6 is 0 Å². The number of fused-ring (bicyclic) bond motifs is 1. The van der Waals surface area contributed by atoms with Crippen molar-refractivity contribution in [2.45, 2.75) is 77.8 Å². The van der Waals surface area contributed by atoms with Crippen LogP contribution in [-0.2, 0) is 6.54 Å². The van der Waals surface area contributed by atoms with Crippen molar-refractivity contribution < 1.29 is 4.79 Å². The average molecular weight is 318 g/mol. The number of hydrogen-bond acceptors (Lipinski definition) is 3. The minimum absolute atomic E-state index is 0.0968. The summed E-state index contributed by atoms with van der Waals surface area (Å²) in [4.78, 5) is 15.1. The molecule has 0 N–H and O–H groups in total. The third-order valence-corrected chi connectivity index (χ3v) is 5.45. The zero-order valence-corrected chi connectivity index (χ0v) is 14.6. The van der Waals surface area contributed by atoms with E-state index in [0.717, 1.165) is 32.4 Å². The lowest BCUT2D eigenvalue weighted by Gasteiger charge is -2.37. The highest BCUT2D eigenvalue weighted by Crippen LogP contribution is 2.35. The fourth-order valence-corrected chi connectivity index (χ4v) is 4.09. The molecule has 2 heterocycles. The Morgan fingerprint density at radius 1 is 1.22 bits per heavy atom. The standard InChI is InChI=1S/C18H30N4O/c1-14(2)10-12-21-13-16(19-20-21)18(23)22-11-6-5-8-15-7-3-4-9-17(15)22/h13-15,17H,3-12H2,1-2H3/t15-,17-/m1/s1. The molecule has 1 aliphatic heterocycles. The third-order valence-electron chi connectivity index (χ3n) is 5.45. The highest BCUT2D eigenvalue weighted by atomic mass is 16.2. The van der Waals surface area contributed by atoms with Crippen molar-refractivity contribution in [2.24, 2.45) is 11.8 Å². The molecule has 1 aromatic heterocycles. The van der Waals surface area contributed by atoms with E-state index in [1.165, 1.54) is 32.1 Å². The molecule has 0 radical (unpaired) electrons. The molecule has 1 amide bonds. The summed E-state index contributed by atoms with van der Waals surface area (Å²) in [6, 6.07) is 0.430. The van der Waals surface area contributed by atoms with E-state index < -0.39 is 0 Å². The van der Waals surface area contributed by atoms with Gasteiger partial charge in [-0.1, -0.05) is 38.3 Å². The first-order chi connectivity index (χ1) is 11.1. The fraction of sp³-hybridized carbons (Fsp3) is 0.833. The van der Waals surface area contributed by atoms with Gasteiger partial charge in [-0.15, -0.1) is 5.10 Å². The molecule has 23 heavy (non-hydrogen) atoms. The second-order valence-corrected chi connectivity index (χ2v) is 7.66. The van der Waals surface area contributed by atoms with Gasteiger partial charge in [0.2, 0.25) is 0 Å². The van der Waals surface area contributed by atoms with E-state index in [9.17, 15) is 4.79 Å². The number of carbonyl (C=O) groups excluding carboxylic acids is 1. The third kappa shape index (κ3) is 3.93. The van der Waals surface area contributed by atoms with Gasteiger partial charge in [0.25, 0.3) is 5.91 Å². The van der Waals surface area contributed by atoms with Gasteiger partial charge in [0.1, 0.15) is 0 Å². The maximum Gasteiger partial charge on any atom is 0.276 e. The SMILES string of the molecule is CC(C)CCn1cc(C(=O)N2CCCC[C@H]3CCCC[C@H]32)nn1. The molecule has 2 atom stereocenters. The number of carbonyl (C=O) groups is 1. The highest BCUT2D eigenvalue weighted by Gasteiger charge is 2.35. The van der Waals surface area contributed by atoms with Crippen molar-refractivity contribution in [1.29, 1.82) is 0 Å². The molecule has 1 saturated carbocycles. The number of rotatable bonds is 4. The van der Waals surface area contributed by atoms with Crippen molar-refractivity contribution in [3.8, 4) is 0 Å². The summed E-state index contributed by atoms with van der Waals surface area (Å²) in [5, 5.41) is 8.31. The van der Waals surface area contributed by atoms with Crippen LogP contribution in [-0.4, -0.2) is 38.4 Å². The second-order valence-electron chi connectivity index (χ2n) is 7.66. The number of nitrogens with zero attached hydrogens (tertiary/aromatic N) is 4. The van der Waals surface area contributed by atoms with Gasteiger partial charge in [-0.3, -0.25) is 9.48 Å². The predicted molar refractivity (Wildman–Crippen MR) is 90.1 cm³/mol. The van der Waals surface area contributed by atoms with E-state index in [0.29, 0.717) is 23.6 Å². The summed E-state index contributed by atoms with van der Waals surface area (Å²) in [5.41, 5.74) is 0.528. The molecule has 2 fully saturated rings. The van der Waals surface area contributed by atoms with Crippen LogP contribution in [0.5, 0.6) is 0 Å². The van der Waals surface area contributed by atoms with Crippen LogP contribution < -0.4 is 0 Å². The van der Waals surface area contributed by atoms with E-state index in [-0.39, 0.29) is 5.91 Å². The molecule has 0 spiro atoms. The van der Waals surface area contributed by atoms with Gasteiger partial charge in [-0.2, -0.15) is 0 Å². The summed E-state index contributed by atoms with van der Waals surface area (Å²) >= 11 is 0. The Hall–Kier alpha value is -1.39. The Morgan fingerprint density at radius 2 is 1.96 bits per heavy atom. The summed E-state index contributed by atoms with van der Waals surface area (Å²) in [7, 11) is 0. The van der Waals surface area contributed by atoms with Crippen molar-refractivity contribution >= 4 is 5.91 Å². The molecule has 3 rings (SSSR count). The first-order valence-electron chi connectivity index (χ1n) is 9.36. The van der Waals surface area contributed by atoms with Crippen LogP contribution in [0.3, 0.4) is 0 Å². The minimum atomic E-state index is 0.0968. The van der Waals surface area contributed by atoms with E-state index in [4.69, 9.17) is 0 Å². The molecule has 0 unspecified atom stereocenters. The number of aromatic nitrogens is 3. The number of amides is 1. The smallest absolute Gasteiger partial charge is 0.276 e. The molecule has 5 heteroatoms. The molecule has 1 aromatic rings. The van der Waals surface area contributed by atoms with E-state index in [2.05, 4.69) is 29.1 Å². The summed E-state index contributed by atoms with van der Waals surface area (Å²) in [6.45, 7) is 6.12. The molecular weight excluding hydrogens is 288 g/mol. The van der Waals surface area contributed by atoms with Crippen LogP contribution in [0.15, 0.2) is 6.20 Å². The first kappa shape index (κ1) is 16.5. The van der Waals surface area contributed by atoms with E-state index in [1.807, 2.05) is 10.9 Å². The van der Waals surface area contributed by atoms with Gasteiger partial charge in [0, 0.05) is 19.1 Å². The molecule has 128 valence electrons. The van der Waals surface area contributed by atoms with Crippen LogP contribution in [0, 0.1) is 11.8 Å². The summed E-state index contributed by atoms with van der Waals surface area (Å²) < 4.78 is 1.82. The molecule has 1 saturated heterocycles. The van der Waals surface area contributed by atoms with Crippen LogP contribution in [0.4, 0.5) is 0 Å². The van der Waals surface area contributed by atoms with Gasteiger partial charge in [0.05, 0.1) is 6.20 Å². The lowest BCUT2D eigenvalue weighted by Crippen LogP contribution is -2.45. The Morgan fingerprint density at radius 3 is 2.74 bits per heavy atom. The summed E-state index contributed by atoms with van der Waals surface area (Å²) in [5.74, 6) is 1.43. The minimum Gasteiger partial charge on any atom is -0.334 e. The Kier molecular flexibility index (Phi) is 5.34. The zero-order chi connectivity index (χ0) is 16.2. The topological polar surface area (TPSA) is 51.0 Å². The predicted octanol–water partition coefficient (Wildman–Crippen LogP) is 3.51. The number of hydrogen-bond donors (Lipinski definition) is 0. The lowest BCUT2D eigenvalue weighted by molar-refractivity contribution is 0.0563. The van der Waals surface area contributed by atoms with Crippen molar-refractivity contribution in [3.05, 3.63) is 11.9 Å². The number of likely N-dealkylation sites (tertiary alicyclic amines) is 1. The van der Waals surface area contributed by atoms with Gasteiger partial charge < -0.3 is 4.90 Å². The van der Waals surface area contributed by atoms with E-state index in [1.54, 1.807) is 0 Å². The van der Waals surface area contributed by atoms with Crippen molar-refractivity contribution in [1.82, 2.24) is 19.9 Å². The fourth-order valence-electron chi connectivity index (χ4n) is 4.09. The van der Waals surface area contributed by atoms with Gasteiger partial charge in [0.15, 0.2) is 5.69 Å². The first-order valence-corrected chi connectivity index (χ1v) is 9.36.